The molecule has 1 aliphatic heterocycles. The molecule has 23 heteroatoms. The molecule has 0 aliphatic carbocycles. The van der Waals surface area contributed by atoms with Gasteiger partial charge in [0.25, 0.3) is 5.56 Å². The predicted molar refractivity (Wildman–Crippen MR) is 92.5 cm³/mol. The zero-order valence-corrected chi connectivity index (χ0v) is 23.6. The molecule has 4 atom stereocenters. The second-order valence-corrected chi connectivity index (χ2v) is 10.4. The third kappa shape index (κ3) is 8.53. The summed E-state index contributed by atoms with van der Waals surface area (Å²) in [6, 6.07) is 0. The first-order chi connectivity index (χ1) is 14.2. The number of imidazole rings is 1. The standard InChI is InChI=1S/C10H16N5O13P3.2Na/c11-10-13-8-7(9(17)14-10)12-3-15(8)6-1-4(16)5(26-6)2-25-31(24,27-29(18,19)20)28-30(21,22)23;;/h3-6,16H,1-2H2,(H2,18,19,20)(H2,21,22,23)(H3,11,13,14,17);;/q;2*+1/p-2/t4-,5+,6+;;/m0../s1. The number of aliphatic hydroxyl groups is 1. The molecule has 1 unspecified atom stereocenters. The van der Waals surface area contributed by atoms with Crippen molar-refractivity contribution >= 4 is 40.6 Å². The molecule has 0 bridgehead atoms. The van der Waals surface area contributed by atoms with Crippen LogP contribution in [-0.4, -0.2) is 53.2 Å². The molecule has 33 heavy (non-hydrogen) atoms. The van der Waals surface area contributed by atoms with Crippen molar-refractivity contribution in [1.82, 2.24) is 19.5 Å². The van der Waals surface area contributed by atoms with Crippen LogP contribution in [0.3, 0.4) is 0 Å². The van der Waals surface area contributed by atoms with Gasteiger partial charge in [-0.2, -0.15) is 9.29 Å². The van der Waals surface area contributed by atoms with Crippen LogP contribution < -0.4 is 80.2 Å². The first-order valence-electron chi connectivity index (χ1n) is 7.96. The van der Waals surface area contributed by atoms with E-state index in [4.69, 9.17) is 20.3 Å². The van der Waals surface area contributed by atoms with Gasteiger partial charge in [0, 0.05) is 6.42 Å². The van der Waals surface area contributed by atoms with E-state index in [1.165, 1.54) is 10.9 Å². The number of aromatic amines is 1. The Bertz CT molecular complexity index is 1150. The molecule has 1 saturated heterocycles. The van der Waals surface area contributed by atoms with E-state index in [0.717, 1.165) is 0 Å². The van der Waals surface area contributed by atoms with Gasteiger partial charge in [-0.05, 0) is 0 Å². The number of nitrogens with two attached hydrogens (primary N) is 1. The van der Waals surface area contributed by atoms with Gasteiger partial charge in [-0.1, -0.05) is 0 Å². The van der Waals surface area contributed by atoms with Crippen molar-refractivity contribution in [3.05, 3.63) is 16.7 Å². The zero-order chi connectivity index (χ0) is 23.2. The topological polar surface area (TPSA) is 285 Å². The molecule has 0 amide bonds. The molecule has 174 valence electrons. The van der Waals surface area contributed by atoms with Crippen molar-refractivity contribution in [1.29, 1.82) is 0 Å². The molecule has 0 saturated carbocycles. The first kappa shape index (κ1) is 31.5. The van der Waals surface area contributed by atoms with E-state index in [1.54, 1.807) is 0 Å². The quantitative estimate of drug-likeness (QED) is 0.150. The number of hydrogen-bond donors (Lipinski definition) is 5. The van der Waals surface area contributed by atoms with Crippen LogP contribution in [0, 0.1) is 0 Å². The molecule has 18 nitrogen and oxygen atoms in total. The van der Waals surface area contributed by atoms with E-state index in [-0.39, 0.29) is 82.6 Å². The molecule has 2 aromatic heterocycles. The number of nitrogen functional groups attached to an aromatic ring is 1. The van der Waals surface area contributed by atoms with Crippen LogP contribution in [-0.2, 0) is 31.6 Å². The van der Waals surface area contributed by atoms with Crippen molar-refractivity contribution in [2.24, 2.45) is 0 Å². The average molecular weight is 551 g/mol. The van der Waals surface area contributed by atoms with Crippen LogP contribution in [0.25, 0.3) is 11.2 Å². The van der Waals surface area contributed by atoms with Gasteiger partial charge in [-0.15, -0.1) is 0 Å². The van der Waals surface area contributed by atoms with Gasteiger partial charge < -0.3 is 39.7 Å². The number of ether oxygens (including phenoxy) is 1. The number of aromatic nitrogens is 4. The van der Waals surface area contributed by atoms with Crippen LogP contribution >= 0.6 is 23.5 Å². The molecule has 1 fully saturated rings. The number of nitrogens with zero attached hydrogens (tertiary/aromatic N) is 3. The summed E-state index contributed by atoms with van der Waals surface area (Å²) < 4.78 is 52.1. The van der Waals surface area contributed by atoms with E-state index >= 15 is 0 Å². The number of fused-ring (bicyclic) bond motifs is 1. The monoisotopic (exact) mass is 551 g/mol. The number of phosphoric acid groups is 3. The van der Waals surface area contributed by atoms with Gasteiger partial charge in [0.15, 0.2) is 11.2 Å². The van der Waals surface area contributed by atoms with Crippen LogP contribution in [0.2, 0.25) is 0 Å². The maximum atomic E-state index is 12.1. The Morgan fingerprint density at radius 3 is 2.48 bits per heavy atom. The molecule has 0 aromatic carbocycles. The third-order valence-electron chi connectivity index (χ3n) is 3.77. The summed E-state index contributed by atoms with van der Waals surface area (Å²) in [6.45, 7) is -0.974. The normalized spacial score (nSPS) is 23.0. The summed E-state index contributed by atoms with van der Waals surface area (Å²) >= 11 is 0. The van der Waals surface area contributed by atoms with E-state index < -0.39 is 54.1 Å². The van der Waals surface area contributed by atoms with Crippen LogP contribution in [0.4, 0.5) is 5.95 Å². The molecular weight excluding hydrogens is 537 g/mol. The van der Waals surface area contributed by atoms with Crippen molar-refractivity contribution in [2.45, 2.75) is 24.9 Å². The van der Waals surface area contributed by atoms with E-state index in [9.17, 15) is 33.4 Å². The predicted octanol–water partition coefficient (Wildman–Crippen LogP) is -8.56. The van der Waals surface area contributed by atoms with Gasteiger partial charge in [0.2, 0.25) is 5.95 Å². The van der Waals surface area contributed by atoms with Crippen LogP contribution in [0.5, 0.6) is 0 Å². The first-order valence-corrected chi connectivity index (χ1v) is 12.4. The Hall–Kier alpha value is 0.480. The number of hydrogen-bond acceptors (Lipinski definition) is 14. The second kappa shape index (κ2) is 11.7. The summed E-state index contributed by atoms with van der Waals surface area (Å²) in [5.41, 5.74) is 4.79. The van der Waals surface area contributed by atoms with Crippen molar-refractivity contribution in [2.75, 3.05) is 12.3 Å². The molecule has 0 radical (unpaired) electrons. The maximum Gasteiger partial charge on any atom is 1.00 e. The maximum absolute atomic E-state index is 12.1. The third-order valence-corrected chi connectivity index (χ3v) is 7.48. The number of rotatable bonds is 8. The molecule has 1 aliphatic rings. The summed E-state index contributed by atoms with van der Waals surface area (Å²) in [4.78, 5) is 60.7. The summed E-state index contributed by atoms with van der Waals surface area (Å²) in [5, 5.41) is 10.1. The van der Waals surface area contributed by atoms with Crippen molar-refractivity contribution in [3.63, 3.8) is 0 Å². The van der Waals surface area contributed by atoms with Gasteiger partial charge >= 0.3 is 74.8 Å². The minimum absolute atomic E-state index is 0. The van der Waals surface area contributed by atoms with E-state index in [2.05, 4.69) is 28.1 Å². The van der Waals surface area contributed by atoms with Gasteiger partial charge in [-0.25, -0.2) is 14.1 Å². The molecule has 2 aromatic rings. The molecule has 3 rings (SSSR count). The summed E-state index contributed by atoms with van der Waals surface area (Å²) in [7, 11) is -17.3. The number of H-pyrrole nitrogens is 1. The van der Waals surface area contributed by atoms with Crippen LogP contribution in [0.1, 0.15) is 12.6 Å². The van der Waals surface area contributed by atoms with E-state index in [0.29, 0.717) is 0 Å². The molecule has 3 heterocycles. The number of aliphatic hydroxyl groups excluding tert-OH is 1. The Labute approximate surface area is 227 Å². The number of nitrogens with one attached hydrogen (secondary N) is 1. The minimum atomic E-state index is -6.06. The van der Waals surface area contributed by atoms with Crippen LogP contribution in [0.15, 0.2) is 11.1 Å². The Balaban J connectivity index is 0.00000272. The Morgan fingerprint density at radius 2 is 1.91 bits per heavy atom. The van der Waals surface area contributed by atoms with Gasteiger partial charge in [0.1, 0.15) is 12.3 Å². The fraction of sp³-hybridized carbons (Fsp3) is 0.500. The molecule has 0 spiro atoms. The Kier molecular flexibility index (Phi) is 11.2. The fourth-order valence-electron chi connectivity index (χ4n) is 2.67. The van der Waals surface area contributed by atoms with Crippen molar-refractivity contribution < 1.29 is 115 Å². The largest absolute Gasteiger partial charge is 1.00 e. The Morgan fingerprint density at radius 1 is 1.27 bits per heavy atom. The zero-order valence-electron chi connectivity index (χ0n) is 16.9. The second-order valence-electron chi connectivity index (χ2n) is 6.05. The fourth-order valence-corrected chi connectivity index (χ4v) is 5.79. The SMILES string of the molecule is Nc1nc2c(ncn2[C@H]2C[C@H](O)[C@@H](COP(=O)(OP(=O)([O-])[O-])OP(=O)(O)O)O2)c(=O)[nH]1.[Na+].[Na+]. The van der Waals surface area contributed by atoms with Gasteiger partial charge in [0.05, 0.1) is 26.9 Å². The average Bonchev–Trinajstić information content (AvgIpc) is 3.12. The minimum Gasteiger partial charge on any atom is -0.789 e. The molecular formula is C10H14N5Na2O13P3. The van der Waals surface area contributed by atoms with Gasteiger partial charge in [-0.3, -0.25) is 23.2 Å². The van der Waals surface area contributed by atoms with E-state index in [1.807, 2.05) is 0 Å². The summed E-state index contributed by atoms with van der Waals surface area (Å²) in [6.07, 6.45) is -2.70. The number of anilines is 1. The smallest absolute Gasteiger partial charge is 0.789 e. The summed E-state index contributed by atoms with van der Waals surface area (Å²) in [5.74, 6) is -0.218. The van der Waals surface area contributed by atoms with Crippen molar-refractivity contribution in [3.8, 4) is 0 Å². The molecule has 6 N–H and O–H groups in total.